The largest absolute Gasteiger partial charge is 0.357 e. The van der Waals surface area contributed by atoms with Crippen LogP contribution in [0.3, 0.4) is 0 Å². The number of halogens is 4. The molecule has 2 aromatic rings. The van der Waals surface area contributed by atoms with Crippen LogP contribution in [-0.2, 0) is 0 Å². The van der Waals surface area contributed by atoms with Crippen molar-refractivity contribution >= 4 is 52.6 Å². The molecule has 98 valence electrons. The van der Waals surface area contributed by atoms with Crippen molar-refractivity contribution in [2.45, 2.75) is 0 Å². The molecule has 0 saturated carbocycles. The summed E-state index contributed by atoms with van der Waals surface area (Å²) in [5.41, 5.74) is 0.582. The molecule has 0 spiro atoms. The van der Waals surface area contributed by atoms with Crippen molar-refractivity contribution in [3.63, 3.8) is 0 Å². The van der Waals surface area contributed by atoms with Gasteiger partial charge in [-0.1, -0.05) is 57.6 Å². The summed E-state index contributed by atoms with van der Waals surface area (Å²) in [6, 6.07) is 9.97. The van der Waals surface area contributed by atoms with Crippen molar-refractivity contribution < 1.29 is 4.84 Å². The first-order valence-electron chi connectivity index (χ1n) is 5.17. The summed E-state index contributed by atoms with van der Waals surface area (Å²) < 4.78 is 0. The molecule has 0 bridgehead atoms. The zero-order valence-corrected chi connectivity index (χ0v) is 12.4. The molecule has 0 aliphatic carbocycles. The number of hydrogen-bond donors (Lipinski definition) is 0. The molecule has 0 saturated heterocycles. The quantitative estimate of drug-likeness (QED) is 0.520. The predicted octanol–water partition coefficient (Wildman–Crippen LogP) is 5.71. The van der Waals surface area contributed by atoms with Crippen molar-refractivity contribution in [3.05, 3.63) is 62.1 Å². The molecule has 2 nitrogen and oxygen atoms in total. The van der Waals surface area contributed by atoms with Crippen molar-refractivity contribution in [3.8, 4) is 5.75 Å². The van der Waals surface area contributed by atoms with Crippen molar-refractivity contribution in [1.82, 2.24) is 0 Å². The van der Waals surface area contributed by atoms with E-state index in [1.165, 1.54) is 6.21 Å². The third-order valence-electron chi connectivity index (χ3n) is 2.18. The number of oxime groups is 1. The highest BCUT2D eigenvalue weighted by atomic mass is 35.5. The van der Waals surface area contributed by atoms with Gasteiger partial charge in [0.25, 0.3) is 0 Å². The molecule has 0 radical (unpaired) electrons. The SMILES string of the molecule is Clc1cc(Cl)cc(O/N=C/c2c(Cl)cccc2Cl)c1. The highest BCUT2D eigenvalue weighted by molar-refractivity contribution is 6.38. The molecular formula is C13H7Cl4NO. The van der Waals surface area contributed by atoms with Gasteiger partial charge >= 0.3 is 0 Å². The van der Waals surface area contributed by atoms with Crippen LogP contribution in [0, 0.1) is 0 Å². The highest BCUT2D eigenvalue weighted by Crippen LogP contribution is 2.25. The van der Waals surface area contributed by atoms with E-state index in [1.807, 2.05) is 0 Å². The van der Waals surface area contributed by atoms with E-state index in [9.17, 15) is 0 Å². The smallest absolute Gasteiger partial charge is 0.160 e. The molecule has 0 aliphatic rings. The van der Waals surface area contributed by atoms with Gasteiger partial charge in [-0.3, -0.25) is 0 Å². The number of rotatable bonds is 3. The third-order valence-corrected chi connectivity index (χ3v) is 3.27. The molecule has 0 N–H and O–H groups in total. The summed E-state index contributed by atoms with van der Waals surface area (Å²) in [6.07, 6.45) is 1.43. The maximum absolute atomic E-state index is 5.99. The Morgan fingerprint density at radius 1 is 0.895 bits per heavy atom. The first-order valence-corrected chi connectivity index (χ1v) is 6.68. The molecule has 2 aromatic carbocycles. The molecule has 0 unspecified atom stereocenters. The number of hydrogen-bond acceptors (Lipinski definition) is 2. The Morgan fingerprint density at radius 3 is 2.05 bits per heavy atom. The lowest BCUT2D eigenvalue weighted by Gasteiger charge is -2.02. The van der Waals surface area contributed by atoms with Crippen LogP contribution in [0.4, 0.5) is 0 Å². The van der Waals surface area contributed by atoms with Crippen LogP contribution in [-0.4, -0.2) is 6.21 Å². The van der Waals surface area contributed by atoms with E-state index >= 15 is 0 Å². The lowest BCUT2D eigenvalue weighted by Crippen LogP contribution is -1.89. The molecule has 0 aromatic heterocycles. The monoisotopic (exact) mass is 333 g/mol. The summed E-state index contributed by atoms with van der Waals surface area (Å²) in [5, 5.41) is 5.72. The van der Waals surface area contributed by atoms with Crippen LogP contribution in [0.25, 0.3) is 0 Å². The minimum atomic E-state index is 0.428. The molecule has 6 heteroatoms. The highest BCUT2D eigenvalue weighted by Gasteiger charge is 2.03. The molecule has 0 amide bonds. The first kappa shape index (κ1) is 14.5. The van der Waals surface area contributed by atoms with Gasteiger partial charge in [-0.05, 0) is 18.2 Å². The second-order valence-corrected chi connectivity index (χ2v) is 5.25. The Balaban J connectivity index is 2.16. The van der Waals surface area contributed by atoms with Gasteiger partial charge in [-0.15, -0.1) is 0 Å². The van der Waals surface area contributed by atoms with Gasteiger partial charge in [-0.25, -0.2) is 0 Å². The zero-order valence-electron chi connectivity index (χ0n) is 9.41. The molecule has 19 heavy (non-hydrogen) atoms. The second-order valence-electron chi connectivity index (χ2n) is 3.57. The number of benzene rings is 2. The Kier molecular flexibility index (Phi) is 4.94. The average Bonchev–Trinajstić information content (AvgIpc) is 2.32. The van der Waals surface area contributed by atoms with Crippen LogP contribution in [0.5, 0.6) is 5.75 Å². The van der Waals surface area contributed by atoms with Gasteiger partial charge in [0.1, 0.15) is 0 Å². The molecular weight excluding hydrogens is 328 g/mol. The zero-order chi connectivity index (χ0) is 13.8. The van der Waals surface area contributed by atoms with Crippen LogP contribution < -0.4 is 4.84 Å². The summed E-state index contributed by atoms with van der Waals surface area (Å²) in [6.45, 7) is 0. The van der Waals surface area contributed by atoms with Crippen molar-refractivity contribution in [2.24, 2.45) is 5.16 Å². The van der Waals surface area contributed by atoms with E-state index in [0.29, 0.717) is 31.4 Å². The van der Waals surface area contributed by atoms with E-state index < -0.39 is 0 Å². The van der Waals surface area contributed by atoms with Crippen LogP contribution in [0.15, 0.2) is 41.6 Å². The molecule has 0 aliphatic heterocycles. The topological polar surface area (TPSA) is 21.6 Å². The predicted molar refractivity (Wildman–Crippen MR) is 81.1 cm³/mol. The van der Waals surface area contributed by atoms with Gasteiger partial charge in [0, 0.05) is 27.7 Å². The Morgan fingerprint density at radius 2 is 1.47 bits per heavy atom. The maximum Gasteiger partial charge on any atom is 0.160 e. The van der Waals surface area contributed by atoms with Crippen LogP contribution in [0.1, 0.15) is 5.56 Å². The standard InChI is InChI=1S/C13H7Cl4NO/c14-8-4-9(15)6-10(5-8)19-18-7-11-12(16)2-1-3-13(11)17/h1-7H/b18-7+. The van der Waals surface area contributed by atoms with Crippen molar-refractivity contribution in [1.29, 1.82) is 0 Å². The van der Waals surface area contributed by atoms with E-state index in [0.717, 1.165) is 0 Å². The third kappa shape index (κ3) is 4.02. The van der Waals surface area contributed by atoms with Gasteiger partial charge in [-0.2, -0.15) is 0 Å². The first-order chi connectivity index (χ1) is 9.06. The minimum absolute atomic E-state index is 0.428. The molecule has 0 fully saturated rings. The van der Waals surface area contributed by atoms with E-state index in [1.54, 1.807) is 36.4 Å². The fourth-order valence-electron chi connectivity index (χ4n) is 1.36. The lowest BCUT2D eigenvalue weighted by atomic mass is 10.2. The molecule has 0 heterocycles. The van der Waals surface area contributed by atoms with E-state index in [2.05, 4.69) is 5.16 Å². The summed E-state index contributed by atoms with van der Waals surface area (Å²) in [7, 11) is 0. The Bertz CT molecular complexity index is 588. The van der Waals surface area contributed by atoms with Crippen LogP contribution >= 0.6 is 46.4 Å². The summed E-state index contributed by atoms with van der Waals surface area (Å²) in [5.74, 6) is 0.428. The van der Waals surface area contributed by atoms with E-state index in [-0.39, 0.29) is 0 Å². The minimum Gasteiger partial charge on any atom is -0.357 e. The maximum atomic E-state index is 5.99. The van der Waals surface area contributed by atoms with Gasteiger partial charge in [0.2, 0.25) is 0 Å². The number of nitrogens with zero attached hydrogens (tertiary/aromatic N) is 1. The van der Waals surface area contributed by atoms with Crippen molar-refractivity contribution in [2.75, 3.05) is 0 Å². The summed E-state index contributed by atoms with van der Waals surface area (Å²) >= 11 is 23.7. The summed E-state index contributed by atoms with van der Waals surface area (Å²) in [4.78, 5) is 5.16. The molecule has 0 atom stereocenters. The Hall–Kier alpha value is -0.930. The normalized spacial score (nSPS) is 10.9. The lowest BCUT2D eigenvalue weighted by molar-refractivity contribution is 0.344. The van der Waals surface area contributed by atoms with E-state index in [4.69, 9.17) is 51.2 Å². The van der Waals surface area contributed by atoms with Gasteiger partial charge in [0.15, 0.2) is 5.75 Å². The van der Waals surface area contributed by atoms with Gasteiger partial charge in [0.05, 0.1) is 16.3 Å². The fraction of sp³-hybridized carbons (Fsp3) is 0. The fourth-order valence-corrected chi connectivity index (χ4v) is 2.36. The average molecular weight is 335 g/mol. The Labute approximate surface area is 130 Å². The van der Waals surface area contributed by atoms with Gasteiger partial charge < -0.3 is 4.84 Å². The molecule has 2 rings (SSSR count). The second kappa shape index (κ2) is 6.49. The van der Waals surface area contributed by atoms with Crippen LogP contribution in [0.2, 0.25) is 20.1 Å².